The SMILES string of the molecule is C=CC(C)NC(=O)c1ccc(Br)o1. The van der Waals surface area contributed by atoms with Crippen LogP contribution in [0.25, 0.3) is 0 Å². The number of rotatable bonds is 3. The standard InChI is InChI=1S/C9H10BrNO2/c1-3-6(2)11-9(12)7-4-5-8(10)13-7/h3-6H,1H2,2H3,(H,11,12). The molecule has 0 fully saturated rings. The van der Waals surface area contributed by atoms with Gasteiger partial charge in [0.05, 0.1) is 0 Å². The van der Waals surface area contributed by atoms with Crippen LogP contribution in [-0.2, 0) is 0 Å². The van der Waals surface area contributed by atoms with Crippen LogP contribution in [0.5, 0.6) is 0 Å². The van der Waals surface area contributed by atoms with E-state index >= 15 is 0 Å². The maximum absolute atomic E-state index is 11.4. The molecule has 4 heteroatoms. The van der Waals surface area contributed by atoms with E-state index in [1.54, 1.807) is 18.2 Å². The summed E-state index contributed by atoms with van der Waals surface area (Å²) in [6, 6.07) is 3.22. The number of hydrogen-bond acceptors (Lipinski definition) is 2. The summed E-state index contributed by atoms with van der Waals surface area (Å²) in [5, 5.41) is 2.69. The Labute approximate surface area is 84.9 Å². The van der Waals surface area contributed by atoms with Crippen molar-refractivity contribution in [2.75, 3.05) is 0 Å². The molecule has 1 N–H and O–H groups in total. The van der Waals surface area contributed by atoms with E-state index in [-0.39, 0.29) is 11.9 Å². The molecule has 0 saturated carbocycles. The fourth-order valence-corrected chi connectivity index (χ4v) is 1.08. The third-order valence-corrected chi connectivity index (χ3v) is 1.94. The minimum Gasteiger partial charge on any atom is -0.444 e. The van der Waals surface area contributed by atoms with Gasteiger partial charge in [-0.15, -0.1) is 6.58 Å². The summed E-state index contributed by atoms with van der Waals surface area (Å²) in [5.74, 6) is 0.0543. The van der Waals surface area contributed by atoms with E-state index in [4.69, 9.17) is 4.42 Å². The van der Waals surface area contributed by atoms with Crippen molar-refractivity contribution in [2.24, 2.45) is 0 Å². The van der Waals surface area contributed by atoms with Crippen LogP contribution in [-0.4, -0.2) is 11.9 Å². The number of carbonyl (C=O) groups is 1. The van der Waals surface area contributed by atoms with Gasteiger partial charge < -0.3 is 9.73 Å². The molecular weight excluding hydrogens is 234 g/mol. The molecule has 0 aromatic carbocycles. The maximum atomic E-state index is 11.4. The minimum absolute atomic E-state index is 0.0589. The number of nitrogens with one attached hydrogen (secondary N) is 1. The van der Waals surface area contributed by atoms with Gasteiger partial charge in [-0.1, -0.05) is 6.08 Å². The first-order valence-corrected chi connectivity index (χ1v) is 4.61. The molecule has 0 spiro atoms. The Hall–Kier alpha value is -1.03. The molecule has 13 heavy (non-hydrogen) atoms. The second-order valence-electron chi connectivity index (χ2n) is 2.60. The van der Waals surface area contributed by atoms with Crippen molar-refractivity contribution in [1.82, 2.24) is 5.32 Å². The van der Waals surface area contributed by atoms with Gasteiger partial charge in [0, 0.05) is 6.04 Å². The lowest BCUT2D eigenvalue weighted by Crippen LogP contribution is -2.30. The zero-order valence-electron chi connectivity index (χ0n) is 7.21. The Kier molecular flexibility index (Phi) is 3.31. The third-order valence-electron chi connectivity index (χ3n) is 1.51. The normalized spacial score (nSPS) is 12.2. The largest absolute Gasteiger partial charge is 0.444 e. The van der Waals surface area contributed by atoms with Crippen LogP contribution >= 0.6 is 15.9 Å². The molecule has 1 heterocycles. The number of furan rings is 1. The molecule has 3 nitrogen and oxygen atoms in total. The smallest absolute Gasteiger partial charge is 0.287 e. The van der Waals surface area contributed by atoms with Crippen molar-refractivity contribution < 1.29 is 9.21 Å². The van der Waals surface area contributed by atoms with Crippen LogP contribution < -0.4 is 5.32 Å². The molecule has 1 unspecified atom stereocenters. The van der Waals surface area contributed by atoms with Gasteiger partial charge in [0.1, 0.15) is 0 Å². The zero-order chi connectivity index (χ0) is 9.84. The quantitative estimate of drug-likeness (QED) is 0.829. The highest BCUT2D eigenvalue weighted by Gasteiger charge is 2.10. The van der Waals surface area contributed by atoms with Gasteiger partial charge in [0.2, 0.25) is 0 Å². The topological polar surface area (TPSA) is 42.2 Å². The average Bonchev–Trinajstić information content (AvgIpc) is 2.51. The molecule has 1 amide bonds. The molecule has 1 aromatic rings. The molecule has 0 aliphatic carbocycles. The van der Waals surface area contributed by atoms with Gasteiger partial charge in [-0.25, -0.2) is 0 Å². The van der Waals surface area contributed by atoms with Crippen LogP contribution in [0.2, 0.25) is 0 Å². The first kappa shape index (κ1) is 10.1. The summed E-state index contributed by atoms with van der Waals surface area (Å²) in [5.41, 5.74) is 0. The molecule has 0 aliphatic rings. The highest BCUT2D eigenvalue weighted by molar-refractivity contribution is 9.10. The van der Waals surface area contributed by atoms with Gasteiger partial charge in [-0.3, -0.25) is 4.79 Å². The van der Waals surface area contributed by atoms with Crippen LogP contribution in [0, 0.1) is 0 Å². The van der Waals surface area contributed by atoms with Gasteiger partial charge in [0.15, 0.2) is 10.4 Å². The van der Waals surface area contributed by atoms with Crippen molar-refractivity contribution >= 4 is 21.8 Å². The molecule has 0 bridgehead atoms. The van der Waals surface area contributed by atoms with E-state index < -0.39 is 0 Å². The Bertz CT molecular complexity index is 319. The van der Waals surface area contributed by atoms with Crippen molar-refractivity contribution in [3.63, 3.8) is 0 Å². The van der Waals surface area contributed by atoms with Gasteiger partial charge in [-0.2, -0.15) is 0 Å². The van der Waals surface area contributed by atoms with Gasteiger partial charge in [-0.05, 0) is 35.0 Å². The molecule has 0 aliphatic heterocycles. The maximum Gasteiger partial charge on any atom is 0.287 e. The fraction of sp³-hybridized carbons (Fsp3) is 0.222. The summed E-state index contributed by atoms with van der Waals surface area (Å²) in [4.78, 5) is 11.4. The summed E-state index contributed by atoms with van der Waals surface area (Å²) in [6.45, 7) is 5.39. The Morgan fingerprint density at radius 3 is 2.92 bits per heavy atom. The molecule has 1 atom stereocenters. The van der Waals surface area contributed by atoms with Crippen molar-refractivity contribution in [3.05, 3.63) is 35.2 Å². The Morgan fingerprint density at radius 1 is 1.77 bits per heavy atom. The van der Waals surface area contributed by atoms with E-state index in [1.165, 1.54) is 0 Å². The first-order valence-electron chi connectivity index (χ1n) is 3.82. The van der Waals surface area contributed by atoms with Crippen LogP contribution in [0.15, 0.2) is 33.9 Å². The van der Waals surface area contributed by atoms with E-state index in [9.17, 15) is 4.79 Å². The van der Waals surface area contributed by atoms with E-state index in [1.807, 2.05) is 6.92 Å². The molecule has 0 saturated heterocycles. The Morgan fingerprint density at radius 2 is 2.46 bits per heavy atom. The van der Waals surface area contributed by atoms with Crippen molar-refractivity contribution in [2.45, 2.75) is 13.0 Å². The first-order chi connectivity index (χ1) is 6.13. The molecular formula is C9H10BrNO2. The van der Waals surface area contributed by atoms with Gasteiger partial charge >= 0.3 is 0 Å². The summed E-state index contributed by atoms with van der Waals surface area (Å²) in [7, 11) is 0. The number of halogens is 1. The molecule has 0 radical (unpaired) electrons. The highest BCUT2D eigenvalue weighted by atomic mass is 79.9. The lowest BCUT2D eigenvalue weighted by Gasteiger charge is -2.06. The predicted molar refractivity (Wildman–Crippen MR) is 53.5 cm³/mol. The van der Waals surface area contributed by atoms with Gasteiger partial charge in [0.25, 0.3) is 5.91 Å². The van der Waals surface area contributed by atoms with E-state index in [2.05, 4.69) is 27.8 Å². The lowest BCUT2D eigenvalue weighted by molar-refractivity contribution is 0.0918. The summed E-state index contributed by atoms with van der Waals surface area (Å²) < 4.78 is 5.61. The lowest BCUT2D eigenvalue weighted by atomic mass is 10.3. The minimum atomic E-state index is -0.238. The fourth-order valence-electron chi connectivity index (χ4n) is 0.773. The van der Waals surface area contributed by atoms with Crippen LogP contribution in [0.4, 0.5) is 0 Å². The monoisotopic (exact) mass is 243 g/mol. The number of carbonyl (C=O) groups excluding carboxylic acids is 1. The number of hydrogen-bond donors (Lipinski definition) is 1. The third kappa shape index (κ3) is 2.73. The summed E-state index contributed by atoms with van der Waals surface area (Å²) in [6.07, 6.45) is 1.65. The average molecular weight is 244 g/mol. The summed E-state index contributed by atoms with van der Waals surface area (Å²) >= 11 is 3.12. The second kappa shape index (κ2) is 4.28. The molecule has 70 valence electrons. The van der Waals surface area contributed by atoms with Crippen LogP contribution in [0.3, 0.4) is 0 Å². The van der Waals surface area contributed by atoms with Crippen molar-refractivity contribution in [1.29, 1.82) is 0 Å². The van der Waals surface area contributed by atoms with E-state index in [0.717, 1.165) is 0 Å². The van der Waals surface area contributed by atoms with E-state index in [0.29, 0.717) is 10.4 Å². The molecule has 1 aromatic heterocycles. The molecule has 1 rings (SSSR count). The zero-order valence-corrected chi connectivity index (χ0v) is 8.80. The number of amides is 1. The van der Waals surface area contributed by atoms with Crippen molar-refractivity contribution in [3.8, 4) is 0 Å². The highest BCUT2D eigenvalue weighted by Crippen LogP contribution is 2.13. The second-order valence-corrected chi connectivity index (χ2v) is 3.38. The predicted octanol–water partition coefficient (Wildman–Crippen LogP) is 2.35. The Balaban J connectivity index is 2.63. The van der Waals surface area contributed by atoms with Crippen LogP contribution in [0.1, 0.15) is 17.5 Å².